The Morgan fingerprint density at radius 2 is 1.64 bits per heavy atom. The topological polar surface area (TPSA) is 97.0 Å². The van der Waals surface area contributed by atoms with Gasteiger partial charge in [-0.05, 0) is 23.3 Å². The first-order valence-electron chi connectivity index (χ1n) is 8.79. The van der Waals surface area contributed by atoms with Crippen LogP contribution in [0.3, 0.4) is 0 Å². The first kappa shape index (κ1) is 22.6. The first-order valence-corrected chi connectivity index (χ1v) is 10.4. The Morgan fingerprint density at radius 3 is 2.32 bits per heavy atom. The Labute approximate surface area is 183 Å². The van der Waals surface area contributed by atoms with E-state index < -0.39 is 10.0 Å². The number of rotatable bonds is 6. The van der Waals surface area contributed by atoms with Gasteiger partial charge in [-0.25, -0.2) is 13.4 Å². The summed E-state index contributed by atoms with van der Waals surface area (Å²) in [6, 6.07) is 16.9. The van der Waals surface area contributed by atoms with Crippen molar-refractivity contribution in [1.82, 2.24) is 4.31 Å². The Morgan fingerprint density at radius 1 is 1.04 bits per heavy atom. The van der Waals surface area contributed by atoms with Crippen molar-refractivity contribution in [3.8, 4) is 0 Å². The van der Waals surface area contributed by atoms with Crippen LogP contribution in [-0.2, 0) is 27.1 Å². The normalized spacial score (nSPS) is 15.6. The van der Waals surface area contributed by atoms with Gasteiger partial charge in [-0.2, -0.15) is 4.31 Å². The van der Waals surface area contributed by atoms with E-state index in [1.165, 1.54) is 4.31 Å². The molecule has 152 valence electrons. The highest BCUT2D eigenvalue weighted by molar-refractivity contribution is 14.0. The number of nitrogens with two attached hydrogens (primary N) is 1. The lowest BCUT2D eigenvalue weighted by molar-refractivity contribution is 0.0729. The van der Waals surface area contributed by atoms with Crippen molar-refractivity contribution in [3.05, 3.63) is 65.7 Å². The van der Waals surface area contributed by atoms with Gasteiger partial charge >= 0.3 is 0 Å². The maximum atomic E-state index is 12.7. The summed E-state index contributed by atoms with van der Waals surface area (Å²) in [6.07, 6.45) is 0. The number of morpholine rings is 1. The van der Waals surface area contributed by atoms with Crippen molar-refractivity contribution < 1.29 is 13.2 Å². The molecule has 28 heavy (non-hydrogen) atoms. The van der Waals surface area contributed by atoms with Crippen molar-refractivity contribution in [2.75, 3.05) is 31.6 Å². The highest BCUT2D eigenvalue weighted by Crippen LogP contribution is 2.17. The molecule has 0 spiro atoms. The van der Waals surface area contributed by atoms with Crippen molar-refractivity contribution in [2.45, 2.75) is 12.3 Å². The molecule has 2 aromatic carbocycles. The molecular formula is C19H25IN4O3S. The lowest BCUT2D eigenvalue weighted by Crippen LogP contribution is -2.41. The van der Waals surface area contributed by atoms with Gasteiger partial charge in [-0.3, -0.25) is 0 Å². The SMILES string of the molecule is I.NC(=NCc1ccccc1CS(=O)(=O)N1CCOCC1)Nc1ccccc1. The molecule has 3 rings (SSSR count). The van der Waals surface area contributed by atoms with Gasteiger partial charge in [-0.15, -0.1) is 24.0 Å². The Hall–Kier alpha value is -1.69. The van der Waals surface area contributed by atoms with Gasteiger partial charge in [0.05, 0.1) is 25.5 Å². The summed E-state index contributed by atoms with van der Waals surface area (Å²) >= 11 is 0. The van der Waals surface area contributed by atoms with Crippen LogP contribution >= 0.6 is 24.0 Å². The number of para-hydroxylation sites is 1. The summed E-state index contributed by atoms with van der Waals surface area (Å²) < 4.78 is 32.1. The van der Waals surface area contributed by atoms with Crippen LogP contribution in [0.5, 0.6) is 0 Å². The number of ether oxygens (including phenoxy) is 1. The molecule has 0 bridgehead atoms. The molecule has 2 aromatic rings. The van der Waals surface area contributed by atoms with E-state index >= 15 is 0 Å². The van der Waals surface area contributed by atoms with E-state index in [2.05, 4.69) is 10.3 Å². The number of aliphatic imine (C=N–C) groups is 1. The molecule has 0 radical (unpaired) electrons. The number of hydrogen-bond donors (Lipinski definition) is 2. The third-order valence-corrected chi connectivity index (χ3v) is 6.11. The molecule has 1 aliphatic rings. The second kappa shape index (κ2) is 10.7. The van der Waals surface area contributed by atoms with Crippen molar-refractivity contribution in [3.63, 3.8) is 0 Å². The van der Waals surface area contributed by atoms with Crippen LogP contribution in [0.4, 0.5) is 5.69 Å². The highest BCUT2D eigenvalue weighted by Gasteiger charge is 2.25. The lowest BCUT2D eigenvalue weighted by Gasteiger charge is -2.26. The monoisotopic (exact) mass is 516 g/mol. The number of hydrogen-bond acceptors (Lipinski definition) is 4. The quantitative estimate of drug-likeness (QED) is 0.349. The number of nitrogens with one attached hydrogen (secondary N) is 1. The van der Waals surface area contributed by atoms with Gasteiger partial charge in [0.15, 0.2) is 5.96 Å². The summed E-state index contributed by atoms with van der Waals surface area (Å²) in [5.41, 5.74) is 8.37. The van der Waals surface area contributed by atoms with Gasteiger partial charge in [0, 0.05) is 18.8 Å². The van der Waals surface area contributed by atoms with E-state index in [0.717, 1.165) is 16.8 Å². The summed E-state index contributed by atoms with van der Waals surface area (Å²) in [7, 11) is -3.39. The molecule has 0 aliphatic carbocycles. The van der Waals surface area contributed by atoms with E-state index in [1.807, 2.05) is 54.6 Å². The molecule has 1 aliphatic heterocycles. The highest BCUT2D eigenvalue weighted by atomic mass is 127. The molecular weight excluding hydrogens is 491 g/mol. The maximum Gasteiger partial charge on any atom is 0.218 e. The Bertz CT molecular complexity index is 885. The summed E-state index contributed by atoms with van der Waals surface area (Å²) in [4.78, 5) is 4.35. The number of guanidine groups is 1. The molecule has 1 saturated heterocycles. The molecule has 0 unspecified atom stereocenters. The predicted molar refractivity (Wildman–Crippen MR) is 122 cm³/mol. The van der Waals surface area contributed by atoms with E-state index in [-0.39, 0.29) is 35.7 Å². The van der Waals surface area contributed by atoms with Crippen LogP contribution in [0.1, 0.15) is 11.1 Å². The largest absolute Gasteiger partial charge is 0.379 e. The second-order valence-electron chi connectivity index (χ2n) is 6.23. The molecule has 0 atom stereocenters. The smallest absolute Gasteiger partial charge is 0.218 e. The Kier molecular flexibility index (Phi) is 8.67. The standard InChI is InChI=1S/C19H24N4O3S.HI/c20-19(22-18-8-2-1-3-9-18)21-14-16-6-4-5-7-17(16)15-27(24,25)23-10-12-26-13-11-23;/h1-9H,10-15H2,(H3,20,21,22);1H. The molecule has 0 aromatic heterocycles. The van der Waals surface area contributed by atoms with Crippen molar-refractivity contribution in [2.24, 2.45) is 10.7 Å². The first-order chi connectivity index (χ1) is 13.0. The van der Waals surface area contributed by atoms with E-state index in [0.29, 0.717) is 32.8 Å². The van der Waals surface area contributed by atoms with Crippen molar-refractivity contribution >= 4 is 45.6 Å². The number of benzene rings is 2. The van der Waals surface area contributed by atoms with Crippen LogP contribution < -0.4 is 11.1 Å². The third-order valence-electron chi connectivity index (χ3n) is 4.29. The lowest BCUT2D eigenvalue weighted by atomic mass is 10.1. The molecule has 7 nitrogen and oxygen atoms in total. The molecule has 3 N–H and O–H groups in total. The zero-order chi connectivity index (χ0) is 19.1. The predicted octanol–water partition coefficient (Wildman–Crippen LogP) is 2.39. The van der Waals surface area contributed by atoms with Crippen LogP contribution in [0.15, 0.2) is 59.6 Å². The van der Waals surface area contributed by atoms with E-state index in [9.17, 15) is 8.42 Å². The number of anilines is 1. The zero-order valence-electron chi connectivity index (χ0n) is 15.5. The fourth-order valence-corrected chi connectivity index (χ4v) is 4.41. The minimum atomic E-state index is -3.39. The molecule has 1 fully saturated rings. The number of nitrogens with zero attached hydrogens (tertiary/aromatic N) is 2. The number of halogens is 1. The summed E-state index contributed by atoms with van der Waals surface area (Å²) in [6.45, 7) is 1.98. The fraction of sp³-hybridized carbons (Fsp3) is 0.316. The van der Waals surface area contributed by atoms with Crippen LogP contribution in [0.25, 0.3) is 0 Å². The summed E-state index contributed by atoms with van der Waals surface area (Å²) in [5.74, 6) is 0.233. The van der Waals surface area contributed by atoms with Gasteiger partial charge in [0.25, 0.3) is 0 Å². The average molecular weight is 516 g/mol. The zero-order valence-corrected chi connectivity index (χ0v) is 18.6. The fourth-order valence-electron chi connectivity index (χ4n) is 2.84. The van der Waals surface area contributed by atoms with E-state index in [1.54, 1.807) is 0 Å². The van der Waals surface area contributed by atoms with Crippen LogP contribution in [0.2, 0.25) is 0 Å². The van der Waals surface area contributed by atoms with Gasteiger partial charge in [0.1, 0.15) is 0 Å². The molecule has 1 heterocycles. The minimum Gasteiger partial charge on any atom is -0.379 e. The maximum absolute atomic E-state index is 12.7. The summed E-state index contributed by atoms with van der Waals surface area (Å²) in [5, 5.41) is 3.02. The van der Waals surface area contributed by atoms with Crippen LogP contribution in [0, 0.1) is 0 Å². The molecule has 9 heteroatoms. The van der Waals surface area contributed by atoms with Gasteiger partial charge < -0.3 is 15.8 Å². The number of sulfonamides is 1. The second-order valence-corrected chi connectivity index (χ2v) is 8.20. The Balaban J connectivity index is 0.00000280. The molecule has 0 saturated carbocycles. The molecule has 0 amide bonds. The van der Waals surface area contributed by atoms with Crippen molar-refractivity contribution in [1.29, 1.82) is 0 Å². The minimum absolute atomic E-state index is 0. The average Bonchev–Trinajstić information content (AvgIpc) is 2.68. The third kappa shape index (κ3) is 6.43. The van der Waals surface area contributed by atoms with Gasteiger partial charge in [-0.1, -0.05) is 42.5 Å². The van der Waals surface area contributed by atoms with Crippen LogP contribution in [-0.4, -0.2) is 45.0 Å². The van der Waals surface area contributed by atoms with Gasteiger partial charge in [0.2, 0.25) is 10.0 Å². The van der Waals surface area contributed by atoms with E-state index in [4.69, 9.17) is 10.5 Å².